The molecule has 32 heavy (non-hydrogen) atoms. The Kier molecular flexibility index (Phi) is 7.09. The predicted molar refractivity (Wildman–Crippen MR) is 119 cm³/mol. The molecule has 0 atom stereocenters. The molecule has 0 saturated heterocycles. The van der Waals surface area contributed by atoms with Crippen molar-refractivity contribution in [2.75, 3.05) is 19.5 Å². The number of anilines is 1. The van der Waals surface area contributed by atoms with E-state index < -0.39 is 11.9 Å². The number of imidazole rings is 1. The smallest absolute Gasteiger partial charge is 0.337 e. The lowest BCUT2D eigenvalue weighted by Crippen LogP contribution is -2.26. The number of carbonyl (C=O) groups is 3. The van der Waals surface area contributed by atoms with Crippen molar-refractivity contribution in [2.24, 2.45) is 0 Å². The largest absolute Gasteiger partial charge is 0.465 e. The zero-order valence-electron chi connectivity index (χ0n) is 18.2. The first-order valence-corrected chi connectivity index (χ1v) is 10.2. The number of amides is 1. The number of carbonyl (C=O) groups excluding carboxylic acids is 3. The van der Waals surface area contributed by atoms with Crippen molar-refractivity contribution in [3.63, 3.8) is 0 Å². The number of aromatic nitrogens is 2. The second-order valence-corrected chi connectivity index (χ2v) is 7.15. The summed E-state index contributed by atoms with van der Waals surface area (Å²) in [5.41, 5.74) is 1.88. The van der Waals surface area contributed by atoms with E-state index in [1.165, 1.54) is 32.4 Å². The Morgan fingerprint density at radius 1 is 0.875 bits per heavy atom. The van der Waals surface area contributed by atoms with E-state index in [-0.39, 0.29) is 41.4 Å². The van der Waals surface area contributed by atoms with Gasteiger partial charge in [-0.2, -0.15) is 0 Å². The molecular formula is C23H25N3O6. The average molecular weight is 439 g/mol. The van der Waals surface area contributed by atoms with Crippen LogP contribution in [0.3, 0.4) is 0 Å². The second kappa shape index (κ2) is 9.95. The normalized spacial score (nSPS) is 10.7. The summed E-state index contributed by atoms with van der Waals surface area (Å²) in [6.45, 7) is 2.77. The Morgan fingerprint density at radius 2 is 1.41 bits per heavy atom. The highest BCUT2D eigenvalue weighted by Gasteiger charge is 2.16. The van der Waals surface area contributed by atoms with Gasteiger partial charge in [0.2, 0.25) is 5.91 Å². The van der Waals surface area contributed by atoms with Gasteiger partial charge in [-0.25, -0.2) is 14.4 Å². The first kappa shape index (κ1) is 22.8. The number of hydrogen-bond acceptors (Lipinski definition) is 6. The molecule has 1 aromatic heterocycles. The van der Waals surface area contributed by atoms with Crippen LogP contribution < -0.4 is 11.0 Å². The summed E-state index contributed by atoms with van der Waals surface area (Å²) in [6, 6.07) is 11.6. The fraction of sp³-hybridized carbons (Fsp3) is 0.304. The molecule has 0 saturated carbocycles. The molecule has 0 aliphatic rings. The highest BCUT2D eigenvalue weighted by atomic mass is 16.5. The zero-order chi connectivity index (χ0) is 23.3. The monoisotopic (exact) mass is 439 g/mol. The number of nitrogens with zero attached hydrogens (tertiary/aromatic N) is 2. The minimum atomic E-state index is -0.651. The average Bonchev–Trinajstić information content (AvgIpc) is 3.07. The van der Waals surface area contributed by atoms with Crippen LogP contribution in [0.1, 0.15) is 40.5 Å². The number of nitrogens with one attached hydrogen (secondary N) is 1. The Bertz CT molecular complexity index is 1190. The molecule has 0 unspecified atom stereocenters. The summed E-state index contributed by atoms with van der Waals surface area (Å²) >= 11 is 0. The van der Waals surface area contributed by atoms with Crippen molar-refractivity contribution in [1.82, 2.24) is 9.13 Å². The van der Waals surface area contributed by atoms with Crippen LogP contribution >= 0.6 is 0 Å². The highest BCUT2D eigenvalue weighted by molar-refractivity contribution is 5.99. The van der Waals surface area contributed by atoms with Gasteiger partial charge in [0.15, 0.2) is 0 Å². The molecule has 0 bridgehead atoms. The van der Waals surface area contributed by atoms with E-state index in [4.69, 9.17) is 9.47 Å². The van der Waals surface area contributed by atoms with Crippen LogP contribution in [-0.4, -0.2) is 41.2 Å². The molecule has 0 aliphatic heterocycles. The number of ether oxygens (including phenoxy) is 2. The van der Waals surface area contributed by atoms with Crippen molar-refractivity contribution in [3.05, 3.63) is 64.1 Å². The van der Waals surface area contributed by atoms with Crippen LogP contribution in [0.25, 0.3) is 11.0 Å². The van der Waals surface area contributed by atoms with Gasteiger partial charge in [-0.1, -0.05) is 19.1 Å². The molecule has 0 spiro atoms. The van der Waals surface area contributed by atoms with E-state index in [1.54, 1.807) is 9.13 Å². The van der Waals surface area contributed by atoms with Crippen molar-refractivity contribution in [1.29, 1.82) is 0 Å². The summed E-state index contributed by atoms with van der Waals surface area (Å²) in [5, 5.41) is 2.67. The highest BCUT2D eigenvalue weighted by Crippen LogP contribution is 2.18. The maximum Gasteiger partial charge on any atom is 0.337 e. The lowest BCUT2D eigenvalue weighted by Gasteiger charge is -2.10. The summed E-state index contributed by atoms with van der Waals surface area (Å²) in [7, 11) is 2.44. The lowest BCUT2D eigenvalue weighted by atomic mass is 10.1. The van der Waals surface area contributed by atoms with Gasteiger partial charge in [-0.05, 0) is 36.8 Å². The minimum Gasteiger partial charge on any atom is -0.465 e. The molecule has 9 nitrogen and oxygen atoms in total. The number of esters is 2. The Balaban J connectivity index is 1.81. The number of benzene rings is 2. The van der Waals surface area contributed by atoms with Crippen molar-refractivity contribution in [2.45, 2.75) is 32.9 Å². The quantitative estimate of drug-likeness (QED) is 0.541. The molecule has 0 radical (unpaired) electrons. The van der Waals surface area contributed by atoms with E-state index in [0.717, 1.165) is 17.5 Å². The first-order chi connectivity index (χ1) is 15.4. The van der Waals surface area contributed by atoms with Crippen LogP contribution in [0.15, 0.2) is 47.3 Å². The molecular weight excluding hydrogens is 414 g/mol. The standard InChI is InChI=1S/C23H25N3O6/c1-4-10-25-18-7-5-6-8-19(18)26(23(25)30)11-9-20(27)24-17-13-15(21(28)31-2)12-16(14-17)22(29)32-3/h5-8,12-14H,4,9-11H2,1-3H3,(H,24,27). The van der Waals surface area contributed by atoms with Crippen LogP contribution in [0.2, 0.25) is 0 Å². The number of hydrogen-bond donors (Lipinski definition) is 1. The van der Waals surface area contributed by atoms with Gasteiger partial charge in [0.05, 0.1) is 36.4 Å². The van der Waals surface area contributed by atoms with E-state index in [0.29, 0.717) is 6.54 Å². The van der Waals surface area contributed by atoms with Gasteiger partial charge in [-0.15, -0.1) is 0 Å². The van der Waals surface area contributed by atoms with Crippen LogP contribution in [-0.2, 0) is 27.4 Å². The molecule has 3 rings (SSSR count). The summed E-state index contributed by atoms with van der Waals surface area (Å²) in [5.74, 6) is -1.68. The summed E-state index contributed by atoms with van der Waals surface area (Å²) < 4.78 is 12.7. The van der Waals surface area contributed by atoms with Gasteiger partial charge in [-0.3, -0.25) is 13.9 Å². The molecule has 0 fully saturated rings. The van der Waals surface area contributed by atoms with Crippen molar-refractivity contribution in [3.8, 4) is 0 Å². The SMILES string of the molecule is CCCn1c(=O)n(CCC(=O)Nc2cc(C(=O)OC)cc(C(=O)OC)c2)c2ccccc21. The third kappa shape index (κ3) is 4.72. The Morgan fingerprint density at radius 3 is 1.91 bits per heavy atom. The minimum absolute atomic E-state index is 0.0239. The number of methoxy groups -OCH3 is 2. The third-order valence-electron chi connectivity index (χ3n) is 4.99. The van der Waals surface area contributed by atoms with Crippen LogP contribution in [0.4, 0.5) is 5.69 Å². The molecule has 9 heteroatoms. The third-order valence-corrected chi connectivity index (χ3v) is 4.99. The van der Waals surface area contributed by atoms with Gasteiger partial charge >= 0.3 is 17.6 Å². The summed E-state index contributed by atoms with van der Waals surface area (Å²) in [4.78, 5) is 49.3. The van der Waals surface area contributed by atoms with E-state index >= 15 is 0 Å². The Hall–Kier alpha value is -3.88. The van der Waals surface area contributed by atoms with Gasteiger partial charge in [0.25, 0.3) is 0 Å². The zero-order valence-corrected chi connectivity index (χ0v) is 18.2. The maximum absolute atomic E-state index is 12.8. The van der Waals surface area contributed by atoms with Crippen LogP contribution in [0.5, 0.6) is 0 Å². The van der Waals surface area contributed by atoms with E-state index in [1.807, 2.05) is 31.2 Å². The fourth-order valence-electron chi connectivity index (χ4n) is 3.54. The number of aryl methyl sites for hydroxylation is 2. The van der Waals surface area contributed by atoms with Gasteiger partial charge in [0, 0.05) is 25.2 Å². The van der Waals surface area contributed by atoms with Gasteiger partial charge < -0.3 is 14.8 Å². The molecule has 1 heterocycles. The topological polar surface area (TPSA) is 109 Å². The van der Waals surface area contributed by atoms with Crippen molar-refractivity contribution < 1.29 is 23.9 Å². The van der Waals surface area contributed by atoms with E-state index in [2.05, 4.69) is 5.32 Å². The number of fused-ring (bicyclic) bond motifs is 1. The first-order valence-electron chi connectivity index (χ1n) is 10.2. The van der Waals surface area contributed by atoms with E-state index in [9.17, 15) is 19.2 Å². The number of para-hydroxylation sites is 2. The molecule has 0 aliphatic carbocycles. The summed E-state index contributed by atoms with van der Waals surface area (Å²) in [6.07, 6.45) is 0.837. The molecule has 168 valence electrons. The molecule has 2 aromatic carbocycles. The second-order valence-electron chi connectivity index (χ2n) is 7.15. The lowest BCUT2D eigenvalue weighted by molar-refractivity contribution is -0.116. The molecule has 1 amide bonds. The van der Waals surface area contributed by atoms with Crippen LogP contribution in [0, 0.1) is 0 Å². The predicted octanol–water partition coefficient (Wildman–Crippen LogP) is 2.82. The van der Waals surface area contributed by atoms with Gasteiger partial charge in [0.1, 0.15) is 0 Å². The Labute approximate surface area is 184 Å². The number of rotatable bonds is 8. The van der Waals surface area contributed by atoms with Crippen molar-refractivity contribution >= 4 is 34.6 Å². The maximum atomic E-state index is 12.8. The molecule has 1 N–H and O–H groups in total. The molecule has 3 aromatic rings. The fourth-order valence-corrected chi connectivity index (χ4v) is 3.54.